The average Bonchev–Trinajstić information content (AvgIpc) is 2.92. The SMILES string of the molecule is COc1cc(NC(=O)c2cnoc2C)cc(OC)c1OC. The Bertz CT molecular complexity index is 626. The minimum atomic E-state index is -0.331. The Hall–Kier alpha value is -2.70. The summed E-state index contributed by atoms with van der Waals surface area (Å²) in [6.45, 7) is 1.66. The number of carbonyl (C=O) groups is 1. The summed E-state index contributed by atoms with van der Waals surface area (Å²) in [5, 5.41) is 6.31. The third-order valence-electron chi connectivity index (χ3n) is 2.92. The normalized spacial score (nSPS) is 10.1. The van der Waals surface area contributed by atoms with Gasteiger partial charge in [0.05, 0.1) is 27.5 Å². The van der Waals surface area contributed by atoms with Crippen LogP contribution < -0.4 is 19.5 Å². The van der Waals surface area contributed by atoms with Crippen molar-refractivity contribution >= 4 is 11.6 Å². The minimum Gasteiger partial charge on any atom is -0.493 e. The van der Waals surface area contributed by atoms with Crippen LogP contribution in [0.4, 0.5) is 5.69 Å². The second-order valence-corrected chi connectivity index (χ2v) is 4.16. The third kappa shape index (κ3) is 2.91. The molecule has 0 saturated heterocycles. The first kappa shape index (κ1) is 14.7. The molecule has 0 aliphatic heterocycles. The molecule has 1 heterocycles. The zero-order valence-electron chi connectivity index (χ0n) is 12.2. The molecule has 0 saturated carbocycles. The largest absolute Gasteiger partial charge is 0.493 e. The zero-order valence-corrected chi connectivity index (χ0v) is 12.2. The van der Waals surface area contributed by atoms with Crippen molar-refractivity contribution in [1.82, 2.24) is 5.16 Å². The Morgan fingerprint density at radius 2 is 1.76 bits per heavy atom. The fraction of sp³-hybridized carbons (Fsp3) is 0.286. The number of hydrogen-bond donors (Lipinski definition) is 1. The van der Waals surface area contributed by atoms with Crippen molar-refractivity contribution in [3.63, 3.8) is 0 Å². The molecule has 7 heteroatoms. The van der Waals surface area contributed by atoms with Gasteiger partial charge in [-0.1, -0.05) is 5.16 Å². The number of aryl methyl sites for hydroxylation is 1. The van der Waals surface area contributed by atoms with Gasteiger partial charge in [0.2, 0.25) is 5.75 Å². The number of anilines is 1. The Kier molecular flexibility index (Phi) is 4.32. The molecule has 0 aliphatic carbocycles. The van der Waals surface area contributed by atoms with Gasteiger partial charge in [-0.15, -0.1) is 0 Å². The van der Waals surface area contributed by atoms with Crippen LogP contribution >= 0.6 is 0 Å². The van der Waals surface area contributed by atoms with Crippen LogP contribution in [0.3, 0.4) is 0 Å². The molecule has 1 aromatic carbocycles. The monoisotopic (exact) mass is 292 g/mol. The van der Waals surface area contributed by atoms with Gasteiger partial charge in [0.15, 0.2) is 11.5 Å². The van der Waals surface area contributed by atoms with Crippen LogP contribution in [0.5, 0.6) is 17.2 Å². The van der Waals surface area contributed by atoms with Gasteiger partial charge in [0, 0.05) is 17.8 Å². The van der Waals surface area contributed by atoms with Crippen LogP contribution in [0, 0.1) is 6.92 Å². The summed E-state index contributed by atoms with van der Waals surface area (Å²) in [6, 6.07) is 3.28. The lowest BCUT2D eigenvalue weighted by Gasteiger charge is -2.14. The van der Waals surface area contributed by atoms with E-state index in [0.717, 1.165) is 0 Å². The van der Waals surface area contributed by atoms with E-state index in [-0.39, 0.29) is 5.91 Å². The van der Waals surface area contributed by atoms with Gasteiger partial charge in [-0.25, -0.2) is 0 Å². The molecule has 0 radical (unpaired) electrons. The number of benzene rings is 1. The molecule has 2 rings (SSSR count). The van der Waals surface area contributed by atoms with Gasteiger partial charge in [-0.2, -0.15) is 0 Å². The predicted molar refractivity (Wildman–Crippen MR) is 75.3 cm³/mol. The number of nitrogens with zero attached hydrogens (tertiary/aromatic N) is 1. The summed E-state index contributed by atoms with van der Waals surface area (Å²) >= 11 is 0. The molecule has 2 aromatic rings. The van der Waals surface area contributed by atoms with Crippen molar-refractivity contribution in [1.29, 1.82) is 0 Å². The van der Waals surface area contributed by atoms with Gasteiger partial charge in [0.25, 0.3) is 5.91 Å². The molecule has 112 valence electrons. The molecule has 0 bridgehead atoms. The van der Waals surface area contributed by atoms with E-state index in [2.05, 4.69) is 10.5 Å². The van der Waals surface area contributed by atoms with Crippen molar-refractivity contribution in [3.8, 4) is 17.2 Å². The van der Waals surface area contributed by atoms with Crippen LogP contribution in [0.1, 0.15) is 16.1 Å². The first-order valence-electron chi connectivity index (χ1n) is 6.13. The lowest BCUT2D eigenvalue weighted by atomic mass is 10.2. The van der Waals surface area contributed by atoms with Crippen LogP contribution in [0.2, 0.25) is 0 Å². The lowest BCUT2D eigenvalue weighted by Crippen LogP contribution is -2.12. The molecular weight excluding hydrogens is 276 g/mol. The first-order valence-corrected chi connectivity index (χ1v) is 6.13. The topological polar surface area (TPSA) is 82.8 Å². The van der Waals surface area contributed by atoms with Crippen molar-refractivity contribution in [2.75, 3.05) is 26.6 Å². The third-order valence-corrected chi connectivity index (χ3v) is 2.92. The van der Waals surface area contributed by atoms with Gasteiger partial charge in [-0.05, 0) is 6.92 Å². The second kappa shape index (κ2) is 6.17. The first-order chi connectivity index (χ1) is 10.1. The van der Waals surface area contributed by atoms with E-state index >= 15 is 0 Å². The van der Waals surface area contributed by atoms with Crippen molar-refractivity contribution < 1.29 is 23.5 Å². The summed E-state index contributed by atoms with van der Waals surface area (Å²) in [7, 11) is 4.53. The smallest absolute Gasteiger partial charge is 0.260 e. The quantitative estimate of drug-likeness (QED) is 0.910. The number of ether oxygens (including phenoxy) is 3. The van der Waals surface area contributed by atoms with Gasteiger partial charge in [-0.3, -0.25) is 4.79 Å². The molecule has 7 nitrogen and oxygen atoms in total. The second-order valence-electron chi connectivity index (χ2n) is 4.16. The molecule has 0 fully saturated rings. The highest BCUT2D eigenvalue weighted by atomic mass is 16.5. The van der Waals surface area contributed by atoms with E-state index < -0.39 is 0 Å². The molecule has 0 spiro atoms. The van der Waals surface area contributed by atoms with Gasteiger partial charge < -0.3 is 24.1 Å². The fourth-order valence-electron chi connectivity index (χ4n) is 1.87. The van der Waals surface area contributed by atoms with Crippen LogP contribution in [-0.4, -0.2) is 32.4 Å². The van der Waals surface area contributed by atoms with E-state index in [0.29, 0.717) is 34.3 Å². The summed E-state index contributed by atoms with van der Waals surface area (Å²) in [6.07, 6.45) is 1.36. The number of methoxy groups -OCH3 is 3. The molecule has 21 heavy (non-hydrogen) atoms. The van der Waals surface area contributed by atoms with E-state index in [1.807, 2.05) is 0 Å². The highest BCUT2D eigenvalue weighted by Crippen LogP contribution is 2.40. The highest BCUT2D eigenvalue weighted by molar-refractivity contribution is 6.05. The van der Waals surface area contributed by atoms with Gasteiger partial charge >= 0.3 is 0 Å². The standard InChI is InChI=1S/C14H16N2O5/c1-8-10(7-15-21-8)14(17)16-9-5-11(18-2)13(20-4)12(6-9)19-3/h5-7H,1-4H3,(H,16,17). The maximum Gasteiger partial charge on any atom is 0.260 e. The van der Waals surface area contributed by atoms with E-state index in [9.17, 15) is 4.79 Å². The molecule has 1 aromatic heterocycles. The zero-order chi connectivity index (χ0) is 15.4. The van der Waals surface area contributed by atoms with Crippen LogP contribution in [0.15, 0.2) is 22.9 Å². The molecule has 0 atom stereocenters. The summed E-state index contributed by atoms with van der Waals surface area (Å²) in [5.74, 6) is 1.48. The number of amides is 1. The Balaban J connectivity index is 2.32. The number of aromatic nitrogens is 1. The summed E-state index contributed by atoms with van der Waals surface area (Å²) < 4.78 is 20.5. The maximum absolute atomic E-state index is 12.1. The van der Waals surface area contributed by atoms with E-state index in [1.54, 1.807) is 19.1 Å². The Morgan fingerprint density at radius 1 is 1.14 bits per heavy atom. The Labute approximate surface area is 121 Å². The van der Waals surface area contributed by atoms with Gasteiger partial charge in [0.1, 0.15) is 11.3 Å². The van der Waals surface area contributed by atoms with Crippen LogP contribution in [-0.2, 0) is 0 Å². The van der Waals surface area contributed by atoms with E-state index in [1.165, 1.54) is 27.5 Å². The van der Waals surface area contributed by atoms with Crippen LogP contribution in [0.25, 0.3) is 0 Å². The highest BCUT2D eigenvalue weighted by Gasteiger charge is 2.17. The van der Waals surface area contributed by atoms with Crippen molar-refractivity contribution in [2.45, 2.75) is 6.92 Å². The molecule has 0 aliphatic rings. The Morgan fingerprint density at radius 3 is 2.19 bits per heavy atom. The van der Waals surface area contributed by atoms with Crippen molar-refractivity contribution in [3.05, 3.63) is 29.7 Å². The fourth-order valence-corrected chi connectivity index (χ4v) is 1.87. The molecular formula is C14H16N2O5. The number of nitrogens with one attached hydrogen (secondary N) is 1. The van der Waals surface area contributed by atoms with E-state index in [4.69, 9.17) is 18.7 Å². The van der Waals surface area contributed by atoms with Crippen molar-refractivity contribution in [2.24, 2.45) is 0 Å². The molecule has 1 N–H and O–H groups in total. The summed E-state index contributed by atoms with van der Waals surface area (Å²) in [4.78, 5) is 12.1. The predicted octanol–water partition coefficient (Wildman–Crippen LogP) is 2.26. The average molecular weight is 292 g/mol. The lowest BCUT2D eigenvalue weighted by molar-refractivity contribution is 0.102. The number of hydrogen-bond acceptors (Lipinski definition) is 6. The number of rotatable bonds is 5. The molecule has 1 amide bonds. The maximum atomic E-state index is 12.1. The molecule has 0 unspecified atom stereocenters. The summed E-state index contributed by atoms with van der Waals surface area (Å²) in [5.41, 5.74) is 0.874. The minimum absolute atomic E-state index is 0.331. The number of carbonyl (C=O) groups excluding carboxylic acids is 1.